The Morgan fingerprint density at radius 1 is 1.03 bits per heavy atom. The van der Waals surface area contributed by atoms with Crippen molar-refractivity contribution >= 4 is 40.6 Å². The summed E-state index contributed by atoms with van der Waals surface area (Å²) < 4.78 is 8.53. The number of nitrogens with one attached hydrogen (secondary N) is 2. The Hall–Kier alpha value is -5.65. The predicted molar refractivity (Wildman–Crippen MR) is 264 cm³/mol. The summed E-state index contributed by atoms with van der Waals surface area (Å²) >= 11 is 0. The molecule has 1 aliphatic carbocycles. The van der Waals surface area contributed by atoms with Crippen molar-refractivity contribution in [3.05, 3.63) is 77.6 Å². The molecule has 4 heterocycles. The maximum Gasteiger partial charge on any atom is 0.324 e. The van der Waals surface area contributed by atoms with Gasteiger partial charge in [0.1, 0.15) is 18.1 Å². The molecular weight excluding hydrogens is 841 g/mol. The minimum atomic E-state index is -1.01. The molecule has 2 aliphatic heterocycles. The average molecular weight is 913 g/mol. The maximum absolute atomic E-state index is 14.8. The first-order valence-corrected chi connectivity index (χ1v) is 24.4. The van der Waals surface area contributed by atoms with Gasteiger partial charge in [-0.2, -0.15) is 0 Å². The Morgan fingerprint density at radius 3 is 2.51 bits per heavy atom. The second kappa shape index (κ2) is 20.3. The third-order valence-corrected chi connectivity index (χ3v) is 13.5. The summed E-state index contributed by atoms with van der Waals surface area (Å²) in [5, 5.41) is 5.71. The number of benzene rings is 2. The van der Waals surface area contributed by atoms with Gasteiger partial charge in [-0.3, -0.25) is 29.2 Å². The molecule has 358 valence electrons. The first-order chi connectivity index (χ1) is 31.7. The number of esters is 1. The highest BCUT2D eigenvalue weighted by Crippen LogP contribution is 2.42. The highest BCUT2D eigenvalue weighted by Gasteiger charge is 2.40. The molecule has 1 saturated carbocycles. The van der Waals surface area contributed by atoms with Crippen LogP contribution in [-0.4, -0.2) is 99.1 Å². The lowest BCUT2D eigenvalue weighted by molar-refractivity contribution is -0.155. The third kappa shape index (κ3) is 11.2. The van der Waals surface area contributed by atoms with Crippen LogP contribution in [0.15, 0.2) is 70.8 Å². The zero-order chi connectivity index (χ0) is 48.4. The number of fused-ring (bicyclic) bond motifs is 6. The number of hydrogen-bond donors (Lipinski definition) is 2. The summed E-state index contributed by atoms with van der Waals surface area (Å²) in [5.41, 5.74) is 10.9. The number of hydrazine groups is 1. The van der Waals surface area contributed by atoms with Crippen molar-refractivity contribution in [3.63, 3.8) is 0 Å². The van der Waals surface area contributed by atoms with Gasteiger partial charge in [0.15, 0.2) is 0 Å². The number of rotatable bonds is 9. The fraction of sp³-hybridized carbons (Fsp3) is 0.556. The Balaban J connectivity index is 1.25. The molecule has 6 bridgehead atoms. The van der Waals surface area contributed by atoms with Crippen LogP contribution in [0.4, 0.5) is 0 Å². The van der Waals surface area contributed by atoms with Crippen molar-refractivity contribution in [2.75, 3.05) is 20.2 Å². The van der Waals surface area contributed by atoms with Gasteiger partial charge in [-0.25, -0.2) is 15.4 Å². The minimum Gasteiger partial charge on any atom is -0.464 e. The quantitative estimate of drug-likeness (QED) is 0.126. The zero-order valence-corrected chi connectivity index (χ0v) is 41.6. The SMILES string of the molecule is CCn1c(-c2cccnc2C(C)C)c2c3cc(ccc31)-c1cccc(c1)C[C@H](NC(=O)[C@H](C(C)C)N(C)C(=O)[C@H]1CC[C@H](N=C=NC(C)(C)C)C1)C(=O)N1CCC[C@H](N1)C(=O)OCC(C)(C)C2. The number of carbonyl (C=O) groups is 4. The van der Waals surface area contributed by atoms with E-state index in [0.717, 1.165) is 57.5 Å². The van der Waals surface area contributed by atoms with Gasteiger partial charge in [-0.1, -0.05) is 71.9 Å². The van der Waals surface area contributed by atoms with Gasteiger partial charge >= 0.3 is 5.97 Å². The van der Waals surface area contributed by atoms with E-state index in [2.05, 4.69) is 102 Å². The second-order valence-corrected chi connectivity index (χ2v) is 21.4. The van der Waals surface area contributed by atoms with Gasteiger partial charge in [0.05, 0.1) is 35.6 Å². The Labute approximate surface area is 397 Å². The Morgan fingerprint density at radius 2 is 1.79 bits per heavy atom. The molecule has 4 aromatic rings. The smallest absolute Gasteiger partial charge is 0.324 e. The fourth-order valence-corrected chi connectivity index (χ4v) is 10.2. The molecule has 67 heavy (non-hydrogen) atoms. The summed E-state index contributed by atoms with van der Waals surface area (Å²) in [5.74, 6) is -1.66. The maximum atomic E-state index is 14.8. The highest BCUT2D eigenvalue weighted by molar-refractivity contribution is 5.96. The standard InChI is InChI=1S/C54H72N8O5/c1-12-61-45-23-21-37-29-41(45)42(48(61)40-18-14-24-55-46(40)33(2)3)30-54(9,10)31-67-52(66)43-19-15-25-62(59-43)51(65)44(27-35-16-13-17-36(37)26-35)58-49(63)47(34(4)5)60(11)50(64)38-20-22-39(28-38)56-32-57-53(6,7)8/h13-14,16-18,21,23-24,26,29,33-34,38-39,43-44,47,59H,12,15,19-20,22,25,27-28,30-31H2,1-11H3,(H,58,63)/t38-,39-,43-,44-,47-/m0/s1. The zero-order valence-electron chi connectivity index (χ0n) is 41.6. The van der Waals surface area contributed by atoms with Crippen molar-refractivity contribution in [2.45, 2.75) is 156 Å². The van der Waals surface area contributed by atoms with Crippen LogP contribution in [0, 0.1) is 17.3 Å². The van der Waals surface area contributed by atoms with Crippen molar-refractivity contribution in [1.82, 2.24) is 30.2 Å². The topological polar surface area (TPSA) is 151 Å². The largest absolute Gasteiger partial charge is 0.464 e. The van der Waals surface area contributed by atoms with Crippen LogP contribution < -0.4 is 10.7 Å². The molecule has 1 saturated heterocycles. The number of ether oxygens (including phenoxy) is 1. The van der Waals surface area contributed by atoms with Crippen LogP contribution in [0.5, 0.6) is 0 Å². The summed E-state index contributed by atoms with van der Waals surface area (Å²) in [7, 11) is 1.68. The Kier molecular flexibility index (Phi) is 14.9. The molecule has 2 N–H and O–H groups in total. The number of cyclic esters (lactones) is 1. The van der Waals surface area contributed by atoms with E-state index >= 15 is 0 Å². The van der Waals surface area contributed by atoms with Crippen LogP contribution in [0.3, 0.4) is 0 Å². The molecule has 0 unspecified atom stereocenters. The molecule has 7 rings (SSSR count). The fourth-order valence-electron chi connectivity index (χ4n) is 10.2. The van der Waals surface area contributed by atoms with Crippen LogP contribution in [0.25, 0.3) is 33.3 Å². The van der Waals surface area contributed by atoms with E-state index in [1.165, 1.54) is 10.6 Å². The number of aromatic nitrogens is 2. The Bertz CT molecular complexity index is 2550. The average Bonchev–Trinajstić information content (AvgIpc) is 3.88. The first kappa shape index (κ1) is 49.3. The van der Waals surface area contributed by atoms with Crippen LogP contribution in [-0.2, 0) is 43.3 Å². The highest BCUT2D eigenvalue weighted by atomic mass is 16.5. The van der Waals surface area contributed by atoms with Gasteiger partial charge in [-0.05, 0) is 125 Å². The summed E-state index contributed by atoms with van der Waals surface area (Å²) in [6, 6.07) is 19.1. The van der Waals surface area contributed by atoms with E-state index < -0.39 is 35.4 Å². The van der Waals surface area contributed by atoms with Crippen LogP contribution >= 0.6 is 0 Å². The number of aliphatic imine (C=N–C) groups is 2. The molecule has 0 spiro atoms. The van der Waals surface area contributed by atoms with E-state index in [1.807, 2.05) is 59.0 Å². The van der Waals surface area contributed by atoms with Crippen molar-refractivity contribution in [3.8, 4) is 22.4 Å². The number of likely N-dealkylation sites (N-methyl/N-ethyl adjacent to an activating group) is 1. The molecule has 2 aromatic heterocycles. The summed E-state index contributed by atoms with van der Waals surface area (Å²) in [6.45, 7) is 21.8. The minimum absolute atomic E-state index is 0.0615. The molecule has 3 amide bonds. The molecule has 2 aromatic carbocycles. The molecule has 13 nitrogen and oxygen atoms in total. The lowest BCUT2D eigenvalue weighted by Gasteiger charge is -2.37. The van der Waals surface area contributed by atoms with E-state index in [1.54, 1.807) is 11.9 Å². The van der Waals surface area contributed by atoms with Crippen molar-refractivity contribution in [1.29, 1.82) is 0 Å². The summed E-state index contributed by atoms with van der Waals surface area (Å²) in [6.07, 6.45) is 5.71. The predicted octanol–water partition coefficient (Wildman–Crippen LogP) is 8.79. The number of aryl methyl sites for hydroxylation is 1. The lowest BCUT2D eigenvalue weighted by atomic mass is 9.83. The van der Waals surface area contributed by atoms with Gasteiger partial charge in [-0.15, -0.1) is 0 Å². The van der Waals surface area contributed by atoms with Gasteiger partial charge in [0.25, 0.3) is 5.91 Å². The number of carbonyl (C=O) groups excluding carboxylic acids is 4. The van der Waals surface area contributed by atoms with E-state index in [9.17, 15) is 19.2 Å². The number of pyridine rings is 1. The molecule has 13 heteroatoms. The van der Waals surface area contributed by atoms with Gasteiger partial charge in [0, 0.05) is 60.6 Å². The van der Waals surface area contributed by atoms with E-state index in [-0.39, 0.29) is 54.2 Å². The molecule has 2 fully saturated rings. The summed E-state index contributed by atoms with van der Waals surface area (Å²) in [4.78, 5) is 72.7. The van der Waals surface area contributed by atoms with Gasteiger partial charge < -0.3 is 19.5 Å². The van der Waals surface area contributed by atoms with E-state index in [0.29, 0.717) is 38.6 Å². The number of amides is 3. The normalized spacial score (nSPS) is 21.7. The molecular formula is C54H72N8O5. The van der Waals surface area contributed by atoms with Crippen molar-refractivity contribution in [2.24, 2.45) is 27.2 Å². The lowest BCUT2D eigenvalue weighted by Crippen LogP contribution is -2.62. The van der Waals surface area contributed by atoms with Crippen LogP contribution in [0.2, 0.25) is 0 Å². The third-order valence-electron chi connectivity index (χ3n) is 13.5. The first-order valence-electron chi connectivity index (χ1n) is 24.4. The molecule has 0 radical (unpaired) electrons. The molecule has 5 atom stereocenters. The monoisotopic (exact) mass is 913 g/mol. The second-order valence-electron chi connectivity index (χ2n) is 21.4. The number of hydrogen-bond acceptors (Lipinski definition) is 9. The van der Waals surface area contributed by atoms with Gasteiger partial charge in [0.2, 0.25) is 11.8 Å². The van der Waals surface area contributed by atoms with Crippen molar-refractivity contribution < 1.29 is 23.9 Å². The van der Waals surface area contributed by atoms with E-state index in [4.69, 9.17) is 9.72 Å². The van der Waals surface area contributed by atoms with Crippen LogP contribution in [0.1, 0.15) is 124 Å². The number of nitrogens with zero attached hydrogens (tertiary/aromatic N) is 6. The molecule has 3 aliphatic rings.